The number of carbonyl (C=O) groups excluding carboxylic acids is 1. The SMILES string of the molecule is O=C(N[C@H](CO)Cc1ccccc1)[C@@H]1CCCNC1. The Kier molecular flexibility index (Phi) is 5.36. The highest BCUT2D eigenvalue weighted by molar-refractivity contribution is 5.79. The Hall–Kier alpha value is -1.39. The molecule has 2 atom stereocenters. The third-order valence-electron chi connectivity index (χ3n) is 3.56. The van der Waals surface area contributed by atoms with E-state index in [1.54, 1.807) is 0 Å². The highest BCUT2D eigenvalue weighted by Gasteiger charge is 2.22. The Morgan fingerprint density at radius 1 is 1.42 bits per heavy atom. The van der Waals surface area contributed by atoms with E-state index >= 15 is 0 Å². The number of piperidine rings is 1. The zero-order valence-electron chi connectivity index (χ0n) is 11.1. The summed E-state index contributed by atoms with van der Waals surface area (Å²) in [5.41, 5.74) is 1.13. The molecule has 0 saturated carbocycles. The Morgan fingerprint density at radius 3 is 2.84 bits per heavy atom. The maximum atomic E-state index is 12.1. The number of amides is 1. The molecule has 1 heterocycles. The summed E-state index contributed by atoms with van der Waals surface area (Å²) in [4.78, 5) is 12.1. The molecule has 104 valence electrons. The number of hydrogen-bond donors (Lipinski definition) is 3. The summed E-state index contributed by atoms with van der Waals surface area (Å²) < 4.78 is 0. The Labute approximate surface area is 114 Å². The predicted octanol–water partition coefficient (Wildman–Crippen LogP) is 0.706. The molecule has 4 nitrogen and oxygen atoms in total. The molecule has 1 saturated heterocycles. The molecule has 0 radical (unpaired) electrons. The molecule has 0 unspecified atom stereocenters. The number of hydrogen-bond acceptors (Lipinski definition) is 3. The minimum atomic E-state index is -0.197. The Balaban J connectivity index is 1.86. The molecule has 1 aromatic carbocycles. The lowest BCUT2D eigenvalue weighted by molar-refractivity contribution is -0.126. The van der Waals surface area contributed by atoms with Crippen molar-refractivity contribution in [3.63, 3.8) is 0 Å². The molecule has 2 rings (SSSR count). The van der Waals surface area contributed by atoms with Crippen molar-refractivity contribution in [3.05, 3.63) is 35.9 Å². The van der Waals surface area contributed by atoms with Crippen LogP contribution in [-0.4, -0.2) is 36.8 Å². The first-order valence-electron chi connectivity index (χ1n) is 6.95. The second-order valence-electron chi connectivity index (χ2n) is 5.12. The van der Waals surface area contributed by atoms with Gasteiger partial charge in [-0.2, -0.15) is 0 Å². The molecule has 1 aromatic rings. The lowest BCUT2D eigenvalue weighted by Crippen LogP contribution is -2.46. The van der Waals surface area contributed by atoms with Crippen molar-refractivity contribution >= 4 is 5.91 Å². The number of rotatable bonds is 5. The molecular formula is C15H22N2O2. The number of carbonyl (C=O) groups is 1. The standard InChI is InChI=1S/C15H22N2O2/c18-11-14(9-12-5-2-1-3-6-12)17-15(19)13-7-4-8-16-10-13/h1-3,5-6,13-14,16,18H,4,7-11H2,(H,17,19)/t13-,14+/m1/s1. The van der Waals surface area contributed by atoms with E-state index in [-0.39, 0.29) is 24.5 Å². The van der Waals surface area contributed by atoms with Crippen LogP contribution in [-0.2, 0) is 11.2 Å². The first-order valence-corrected chi connectivity index (χ1v) is 6.95. The summed E-state index contributed by atoms with van der Waals surface area (Å²) in [6.07, 6.45) is 2.64. The first-order chi connectivity index (χ1) is 9.29. The fourth-order valence-corrected chi connectivity index (χ4v) is 2.45. The fraction of sp³-hybridized carbons (Fsp3) is 0.533. The third kappa shape index (κ3) is 4.33. The molecule has 3 N–H and O–H groups in total. The summed E-state index contributed by atoms with van der Waals surface area (Å²) in [6.45, 7) is 1.72. The number of aliphatic hydroxyl groups is 1. The molecule has 1 fully saturated rings. The first kappa shape index (κ1) is 14.0. The Bertz CT molecular complexity index is 388. The maximum absolute atomic E-state index is 12.1. The maximum Gasteiger partial charge on any atom is 0.224 e. The van der Waals surface area contributed by atoms with Crippen LogP contribution < -0.4 is 10.6 Å². The van der Waals surface area contributed by atoms with Crippen molar-refractivity contribution in [2.75, 3.05) is 19.7 Å². The van der Waals surface area contributed by atoms with Crippen LogP contribution in [0.1, 0.15) is 18.4 Å². The van der Waals surface area contributed by atoms with Crippen molar-refractivity contribution in [1.82, 2.24) is 10.6 Å². The van der Waals surface area contributed by atoms with Gasteiger partial charge in [-0.3, -0.25) is 4.79 Å². The quantitative estimate of drug-likeness (QED) is 0.732. The largest absolute Gasteiger partial charge is 0.394 e. The molecule has 0 spiro atoms. The summed E-state index contributed by atoms with van der Waals surface area (Å²) in [7, 11) is 0. The van der Waals surface area contributed by atoms with E-state index in [1.165, 1.54) is 0 Å². The van der Waals surface area contributed by atoms with Gasteiger partial charge in [0.1, 0.15) is 0 Å². The van der Waals surface area contributed by atoms with Crippen LogP contribution in [0.15, 0.2) is 30.3 Å². The fourth-order valence-electron chi connectivity index (χ4n) is 2.45. The molecule has 4 heteroatoms. The van der Waals surface area contributed by atoms with Crippen LogP contribution in [0.2, 0.25) is 0 Å². The van der Waals surface area contributed by atoms with E-state index in [9.17, 15) is 9.90 Å². The van der Waals surface area contributed by atoms with Gasteiger partial charge in [0, 0.05) is 6.54 Å². The zero-order valence-corrected chi connectivity index (χ0v) is 11.1. The molecule has 0 aromatic heterocycles. The molecular weight excluding hydrogens is 240 g/mol. The van der Waals surface area contributed by atoms with Crippen LogP contribution in [0, 0.1) is 5.92 Å². The van der Waals surface area contributed by atoms with Crippen LogP contribution in [0.4, 0.5) is 0 Å². The number of nitrogens with one attached hydrogen (secondary N) is 2. The summed E-state index contributed by atoms with van der Waals surface area (Å²) in [6, 6.07) is 9.72. The minimum absolute atomic E-state index is 0.0270. The normalized spacial score (nSPS) is 20.8. The van der Waals surface area contributed by atoms with E-state index in [1.807, 2.05) is 30.3 Å². The Morgan fingerprint density at radius 2 is 2.21 bits per heavy atom. The second-order valence-corrected chi connectivity index (χ2v) is 5.12. The van der Waals surface area contributed by atoms with Gasteiger partial charge in [0.05, 0.1) is 18.6 Å². The molecule has 1 amide bonds. The van der Waals surface area contributed by atoms with Gasteiger partial charge < -0.3 is 15.7 Å². The highest BCUT2D eigenvalue weighted by atomic mass is 16.3. The molecule has 0 bridgehead atoms. The van der Waals surface area contributed by atoms with E-state index in [4.69, 9.17) is 0 Å². The monoisotopic (exact) mass is 262 g/mol. The lowest BCUT2D eigenvalue weighted by Gasteiger charge is -2.24. The lowest BCUT2D eigenvalue weighted by atomic mass is 9.98. The van der Waals surface area contributed by atoms with E-state index in [2.05, 4.69) is 10.6 Å². The van der Waals surface area contributed by atoms with Crippen molar-refractivity contribution in [2.45, 2.75) is 25.3 Å². The van der Waals surface area contributed by atoms with Gasteiger partial charge in [-0.1, -0.05) is 30.3 Å². The van der Waals surface area contributed by atoms with E-state index in [0.717, 1.165) is 31.5 Å². The van der Waals surface area contributed by atoms with Crippen molar-refractivity contribution in [3.8, 4) is 0 Å². The number of benzene rings is 1. The van der Waals surface area contributed by atoms with Gasteiger partial charge in [0.25, 0.3) is 0 Å². The van der Waals surface area contributed by atoms with Crippen molar-refractivity contribution < 1.29 is 9.90 Å². The predicted molar refractivity (Wildman–Crippen MR) is 74.8 cm³/mol. The summed E-state index contributed by atoms with van der Waals surface area (Å²) in [5, 5.41) is 15.6. The molecule has 19 heavy (non-hydrogen) atoms. The van der Waals surface area contributed by atoms with Crippen LogP contribution in [0.25, 0.3) is 0 Å². The summed E-state index contributed by atoms with van der Waals surface area (Å²) in [5.74, 6) is 0.0979. The molecule has 0 aliphatic carbocycles. The third-order valence-corrected chi connectivity index (χ3v) is 3.56. The van der Waals surface area contributed by atoms with Gasteiger partial charge in [0.15, 0.2) is 0 Å². The highest BCUT2D eigenvalue weighted by Crippen LogP contribution is 2.11. The van der Waals surface area contributed by atoms with E-state index < -0.39 is 0 Å². The van der Waals surface area contributed by atoms with E-state index in [0.29, 0.717) is 6.42 Å². The van der Waals surface area contributed by atoms with Crippen LogP contribution in [0.5, 0.6) is 0 Å². The van der Waals surface area contributed by atoms with Gasteiger partial charge in [0.2, 0.25) is 5.91 Å². The zero-order chi connectivity index (χ0) is 13.5. The van der Waals surface area contributed by atoms with Crippen LogP contribution >= 0.6 is 0 Å². The molecule has 1 aliphatic rings. The molecule has 1 aliphatic heterocycles. The summed E-state index contributed by atoms with van der Waals surface area (Å²) >= 11 is 0. The van der Waals surface area contributed by atoms with Gasteiger partial charge in [-0.15, -0.1) is 0 Å². The van der Waals surface area contributed by atoms with Gasteiger partial charge in [-0.05, 0) is 31.4 Å². The van der Waals surface area contributed by atoms with Crippen molar-refractivity contribution in [2.24, 2.45) is 5.92 Å². The topological polar surface area (TPSA) is 61.4 Å². The number of aliphatic hydroxyl groups excluding tert-OH is 1. The van der Waals surface area contributed by atoms with Crippen LogP contribution in [0.3, 0.4) is 0 Å². The minimum Gasteiger partial charge on any atom is -0.394 e. The average Bonchev–Trinajstić information content (AvgIpc) is 2.48. The second kappa shape index (κ2) is 7.26. The van der Waals surface area contributed by atoms with Gasteiger partial charge in [-0.25, -0.2) is 0 Å². The smallest absolute Gasteiger partial charge is 0.224 e. The van der Waals surface area contributed by atoms with Gasteiger partial charge >= 0.3 is 0 Å². The van der Waals surface area contributed by atoms with Crippen molar-refractivity contribution in [1.29, 1.82) is 0 Å². The average molecular weight is 262 g/mol.